The van der Waals surface area contributed by atoms with Crippen LogP contribution < -0.4 is 10.1 Å². The van der Waals surface area contributed by atoms with E-state index in [1.54, 1.807) is 6.07 Å². The molecule has 0 aliphatic heterocycles. The predicted molar refractivity (Wildman–Crippen MR) is 82.7 cm³/mol. The number of aromatic nitrogens is 2. The van der Waals surface area contributed by atoms with E-state index in [0.29, 0.717) is 18.2 Å². The molecule has 0 aliphatic rings. The average Bonchev–Trinajstić information content (AvgIpc) is 2.89. The van der Waals surface area contributed by atoms with Crippen LogP contribution in [0, 0.1) is 5.92 Å². The van der Waals surface area contributed by atoms with Gasteiger partial charge >= 0.3 is 0 Å². The van der Waals surface area contributed by atoms with Gasteiger partial charge in [-0.05, 0) is 49.6 Å². The number of ether oxygens (including phenoxy) is 1. The van der Waals surface area contributed by atoms with Crippen molar-refractivity contribution in [3.05, 3.63) is 41.7 Å². The van der Waals surface area contributed by atoms with Crippen molar-refractivity contribution in [2.45, 2.75) is 27.2 Å². The molecule has 0 radical (unpaired) electrons. The first-order valence-corrected chi connectivity index (χ1v) is 7.17. The van der Waals surface area contributed by atoms with Crippen molar-refractivity contribution in [2.75, 3.05) is 11.9 Å². The molecule has 0 spiro atoms. The van der Waals surface area contributed by atoms with E-state index < -0.39 is 0 Å². The second-order valence-corrected chi connectivity index (χ2v) is 5.29. The van der Waals surface area contributed by atoms with Crippen molar-refractivity contribution in [1.29, 1.82) is 0 Å². The molecule has 5 heteroatoms. The highest BCUT2D eigenvalue weighted by Gasteiger charge is 2.11. The molecule has 1 aromatic carbocycles. The Labute approximate surface area is 124 Å². The molecule has 112 valence electrons. The highest BCUT2D eigenvalue weighted by molar-refractivity contribution is 6.02. The molecule has 0 fully saturated rings. The summed E-state index contributed by atoms with van der Waals surface area (Å²) in [6, 6.07) is 9.07. The normalized spacial score (nSPS) is 10.7. The van der Waals surface area contributed by atoms with Gasteiger partial charge in [0.2, 0.25) is 0 Å². The third-order valence-electron chi connectivity index (χ3n) is 2.91. The topological polar surface area (TPSA) is 67.0 Å². The summed E-state index contributed by atoms with van der Waals surface area (Å²) in [5.74, 6) is 1.09. The first-order chi connectivity index (χ1) is 10.1. The van der Waals surface area contributed by atoms with Gasteiger partial charge in [-0.1, -0.05) is 13.8 Å². The summed E-state index contributed by atoms with van der Waals surface area (Å²) >= 11 is 0. The van der Waals surface area contributed by atoms with Crippen LogP contribution in [0.5, 0.6) is 5.75 Å². The van der Waals surface area contributed by atoms with Crippen LogP contribution in [-0.4, -0.2) is 22.7 Å². The molecule has 0 bridgehead atoms. The fourth-order valence-electron chi connectivity index (χ4n) is 2.02. The van der Waals surface area contributed by atoms with E-state index in [9.17, 15) is 4.79 Å². The Morgan fingerprint density at radius 3 is 2.67 bits per heavy atom. The Balaban J connectivity index is 1.98. The van der Waals surface area contributed by atoms with Crippen LogP contribution in [0.4, 0.5) is 5.69 Å². The number of benzene rings is 1. The quantitative estimate of drug-likeness (QED) is 0.857. The van der Waals surface area contributed by atoms with Crippen LogP contribution in [0.2, 0.25) is 0 Å². The van der Waals surface area contributed by atoms with Crippen molar-refractivity contribution in [3.63, 3.8) is 0 Å². The fraction of sp³-hybridized carbons (Fsp3) is 0.375. The molecule has 0 saturated heterocycles. The Morgan fingerprint density at radius 1 is 1.33 bits per heavy atom. The van der Waals surface area contributed by atoms with Gasteiger partial charge in [0.15, 0.2) is 5.69 Å². The van der Waals surface area contributed by atoms with E-state index in [1.807, 2.05) is 31.2 Å². The molecule has 2 aromatic rings. The number of carbonyl (C=O) groups is 1. The Morgan fingerprint density at radius 2 is 2.05 bits per heavy atom. The summed E-state index contributed by atoms with van der Waals surface area (Å²) in [4.78, 5) is 12.1. The number of aromatic amines is 1. The van der Waals surface area contributed by atoms with Gasteiger partial charge in [-0.25, -0.2) is 0 Å². The van der Waals surface area contributed by atoms with Gasteiger partial charge in [0, 0.05) is 11.4 Å². The van der Waals surface area contributed by atoms with Crippen molar-refractivity contribution in [1.82, 2.24) is 10.2 Å². The number of hydrogen-bond acceptors (Lipinski definition) is 3. The molecule has 1 amide bonds. The molecule has 2 rings (SSSR count). The zero-order chi connectivity index (χ0) is 15.2. The lowest BCUT2D eigenvalue weighted by Gasteiger charge is -2.05. The van der Waals surface area contributed by atoms with Crippen LogP contribution in [0.25, 0.3) is 0 Å². The zero-order valence-electron chi connectivity index (χ0n) is 12.6. The van der Waals surface area contributed by atoms with Crippen molar-refractivity contribution in [3.8, 4) is 5.75 Å². The van der Waals surface area contributed by atoms with E-state index in [-0.39, 0.29) is 5.91 Å². The molecule has 0 atom stereocenters. The molecule has 5 nitrogen and oxygen atoms in total. The number of anilines is 1. The first-order valence-electron chi connectivity index (χ1n) is 7.17. The summed E-state index contributed by atoms with van der Waals surface area (Å²) < 4.78 is 5.36. The van der Waals surface area contributed by atoms with Gasteiger partial charge in [-0.15, -0.1) is 0 Å². The lowest BCUT2D eigenvalue weighted by atomic mass is 10.1. The third-order valence-corrected chi connectivity index (χ3v) is 2.91. The van der Waals surface area contributed by atoms with Crippen LogP contribution >= 0.6 is 0 Å². The standard InChI is InChI=1S/C16H21N3O2/c1-4-21-14-7-5-12(6-8-14)17-16(20)15-10-13(18-19-15)9-11(2)3/h5-8,10-11H,4,9H2,1-3H3,(H,17,20)(H,18,19). The van der Waals surface area contributed by atoms with Gasteiger partial charge in [-0.2, -0.15) is 5.10 Å². The number of nitrogens with zero attached hydrogens (tertiary/aromatic N) is 1. The highest BCUT2D eigenvalue weighted by Crippen LogP contribution is 2.16. The van der Waals surface area contributed by atoms with E-state index in [1.165, 1.54) is 0 Å². The molecule has 0 unspecified atom stereocenters. The summed E-state index contributed by atoms with van der Waals surface area (Å²) in [7, 11) is 0. The minimum atomic E-state index is -0.217. The second kappa shape index (κ2) is 6.92. The maximum Gasteiger partial charge on any atom is 0.276 e. The predicted octanol–water partition coefficient (Wildman–Crippen LogP) is 3.26. The first kappa shape index (κ1) is 15.1. The van der Waals surface area contributed by atoms with Gasteiger partial charge in [0.25, 0.3) is 5.91 Å². The maximum absolute atomic E-state index is 12.1. The number of H-pyrrole nitrogens is 1. The number of nitrogens with one attached hydrogen (secondary N) is 2. The summed E-state index contributed by atoms with van der Waals surface area (Å²) in [5, 5.41) is 9.77. The summed E-state index contributed by atoms with van der Waals surface area (Å²) in [5.41, 5.74) is 2.10. The second-order valence-electron chi connectivity index (χ2n) is 5.29. The monoisotopic (exact) mass is 287 g/mol. The van der Waals surface area contributed by atoms with Crippen molar-refractivity contribution in [2.24, 2.45) is 5.92 Å². The van der Waals surface area contributed by atoms with E-state index >= 15 is 0 Å². The van der Waals surface area contributed by atoms with E-state index in [4.69, 9.17) is 4.74 Å². The SMILES string of the molecule is CCOc1ccc(NC(=O)c2cc(CC(C)C)[nH]n2)cc1. The molecular formula is C16H21N3O2. The average molecular weight is 287 g/mol. The van der Waals surface area contributed by atoms with Crippen molar-refractivity contribution < 1.29 is 9.53 Å². The number of rotatable bonds is 6. The lowest BCUT2D eigenvalue weighted by Crippen LogP contribution is -2.12. The third kappa shape index (κ3) is 4.34. The zero-order valence-corrected chi connectivity index (χ0v) is 12.6. The van der Waals surface area contributed by atoms with Crippen LogP contribution in [-0.2, 0) is 6.42 Å². The Bertz CT molecular complexity index is 588. The largest absolute Gasteiger partial charge is 0.494 e. The Kier molecular flexibility index (Phi) is 4.98. The molecule has 1 aromatic heterocycles. The molecular weight excluding hydrogens is 266 g/mol. The van der Waals surface area contributed by atoms with Gasteiger partial charge in [-0.3, -0.25) is 9.89 Å². The van der Waals surface area contributed by atoms with Gasteiger partial charge in [0.1, 0.15) is 5.75 Å². The van der Waals surface area contributed by atoms with Crippen LogP contribution in [0.1, 0.15) is 37.0 Å². The van der Waals surface area contributed by atoms with Crippen LogP contribution in [0.3, 0.4) is 0 Å². The molecule has 2 N–H and O–H groups in total. The molecule has 0 aliphatic carbocycles. The lowest BCUT2D eigenvalue weighted by molar-refractivity contribution is 0.102. The Hall–Kier alpha value is -2.30. The fourth-order valence-corrected chi connectivity index (χ4v) is 2.02. The van der Waals surface area contributed by atoms with E-state index in [0.717, 1.165) is 23.6 Å². The number of amides is 1. The van der Waals surface area contributed by atoms with Crippen LogP contribution in [0.15, 0.2) is 30.3 Å². The summed E-state index contributed by atoms with van der Waals surface area (Å²) in [6.07, 6.45) is 0.878. The van der Waals surface area contributed by atoms with Gasteiger partial charge in [0.05, 0.1) is 6.61 Å². The van der Waals surface area contributed by atoms with Gasteiger partial charge < -0.3 is 10.1 Å². The molecule has 0 saturated carbocycles. The number of hydrogen-bond donors (Lipinski definition) is 2. The molecule has 1 heterocycles. The molecule has 21 heavy (non-hydrogen) atoms. The minimum Gasteiger partial charge on any atom is -0.494 e. The maximum atomic E-state index is 12.1. The number of carbonyl (C=O) groups excluding carboxylic acids is 1. The highest BCUT2D eigenvalue weighted by atomic mass is 16.5. The van der Waals surface area contributed by atoms with E-state index in [2.05, 4.69) is 29.4 Å². The van der Waals surface area contributed by atoms with Crippen molar-refractivity contribution >= 4 is 11.6 Å². The summed E-state index contributed by atoms with van der Waals surface area (Å²) in [6.45, 7) is 6.81. The minimum absolute atomic E-state index is 0.217. The smallest absolute Gasteiger partial charge is 0.276 e.